The van der Waals surface area contributed by atoms with Crippen molar-refractivity contribution in [1.29, 1.82) is 0 Å². The number of ether oxygens (including phenoxy) is 1. The topological polar surface area (TPSA) is 73.2 Å². The smallest absolute Gasteiger partial charge is 0.340 e. The minimum atomic E-state index is -0.599. The van der Waals surface area contributed by atoms with Crippen molar-refractivity contribution in [2.75, 3.05) is 6.61 Å². The summed E-state index contributed by atoms with van der Waals surface area (Å²) >= 11 is 5.80. The van der Waals surface area contributed by atoms with Crippen LogP contribution < -0.4 is 5.32 Å². The van der Waals surface area contributed by atoms with Crippen LogP contribution in [-0.4, -0.2) is 28.0 Å². The van der Waals surface area contributed by atoms with Gasteiger partial charge in [0.1, 0.15) is 5.82 Å². The van der Waals surface area contributed by atoms with Crippen LogP contribution in [0.3, 0.4) is 0 Å². The van der Waals surface area contributed by atoms with E-state index in [-0.39, 0.29) is 18.1 Å². The van der Waals surface area contributed by atoms with Gasteiger partial charge in [-0.15, -0.1) is 0 Å². The van der Waals surface area contributed by atoms with E-state index < -0.39 is 5.97 Å². The minimum Gasteiger partial charge on any atom is -0.452 e. The summed E-state index contributed by atoms with van der Waals surface area (Å²) in [5.41, 5.74) is 1.19. The summed E-state index contributed by atoms with van der Waals surface area (Å²) in [5, 5.41) is 3.30. The lowest BCUT2D eigenvalue weighted by Gasteiger charge is -2.07. The number of hydrogen-bond donors (Lipinski definition) is 1. The van der Waals surface area contributed by atoms with E-state index in [0.29, 0.717) is 17.4 Å². The fraction of sp³-hybridized carbons (Fsp3) is 0.105. The predicted octanol–water partition coefficient (Wildman–Crippen LogP) is 3.00. The highest BCUT2D eigenvalue weighted by atomic mass is 35.5. The molecular weight excluding hydrogens is 354 g/mol. The first-order valence-electron chi connectivity index (χ1n) is 7.89. The summed E-state index contributed by atoms with van der Waals surface area (Å²) < 4.78 is 6.83. The molecule has 0 aliphatic carbocycles. The number of hydrogen-bond acceptors (Lipinski definition) is 4. The Kier molecular flexibility index (Phi) is 5.66. The SMILES string of the molecule is O=C(COC(=O)c1ccc(-n2cccc2)nc1)NCc1ccc(Cl)cc1. The monoisotopic (exact) mass is 369 g/mol. The molecule has 0 saturated carbocycles. The van der Waals surface area contributed by atoms with E-state index in [0.717, 1.165) is 5.56 Å². The lowest BCUT2D eigenvalue weighted by atomic mass is 10.2. The second-order valence-electron chi connectivity index (χ2n) is 5.47. The van der Waals surface area contributed by atoms with Gasteiger partial charge in [-0.05, 0) is 42.0 Å². The van der Waals surface area contributed by atoms with Crippen LogP contribution >= 0.6 is 11.6 Å². The molecule has 132 valence electrons. The highest BCUT2D eigenvalue weighted by Gasteiger charge is 2.11. The summed E-state index contributed by atoms with van der Waals surface area (Å²) in [6.45, 7) is -0.0214. The molecule has 0 radical (unpaired) electrons. The Bertz CT molecular complexity index is 875. The number of pyridine rings is 1. The maximum atomic E-state index is 12.0. The van der Waals surface area contributed by atoms with Gasteiger partial charge in [-0.3, -0.25) is 4.79 Å². The van der Waals surface area contributed by atoms with Crippen molar-refractivity contribution in [3.05, 3.63) is 83.3 Å². The van der Waals surface area contributed by atoms with Crippen LogP contribution in [0, 0.1) is 0 Å². The second-order valence-corrected chi connectivity index (χ2v) is 5.91. The lowest BCUT2D eigenvalue weighted by Crippen LogP contribution is -2.28. The molecule has 2 aromatic heterocycles. The average molecular weight is 370 g/mol. The molecule has 0 saturated heterocycles. The Morgan fingerprint density at radius 1 is 1.08 bits per heavy atom. The van der Waals surface area contributed by atoms with Crippen LogP contribution in [0.4, 0.5) is 0 Å². The molecule has 0 aliphatic rings. The summed E-state index contributed by atoms with van der Waals surface area (Å²) in [5.74, 6) is -0.296. The van der Waals surface area contributed by atoms with Gasteiger partial charge in [-0.2, -0.15) is 0 Å². The Morgan fingerprint density at radius 2 is 1.81 bits per heavy atom. The zero-order chi connectivity index (χ0) is 18.4. The van der Waals surface area contributed by atoms with Gasteiger partial charge >= 0.3 is 5.97 Å². The molecule has 1 amide bonds. The van der Waals surface area contributed by atoms with Crippen molar-refractivity contribution in [1.82, 2.24) is 14.9 Å². The summed E-state index contributed by atoms with van der Waals surface area (Å²) in [6.07, 6.45) is 5.12. The molecule has 0 bridgehead atoms. The molecule has 7 heteroatoms. The summed E-state index contributed by atoms with van der Waals surface area (Å²) in [6, 6.07) is 14.2. The number of carbonyl (C=O) groups is 2. The Labute approximate surface area is 155 Å². The molecule has 3 aromatic rings. The predicted molar refractivity (Wildman–Crippen MR) is 97.1 cm³/mol. The first kappa shape index (κ1) is 17.7. The normalized spacial score (nSPS) is 10.3. The van der Waals surface area contributed by atoms with Gasteiger partial charge in [0, 0.05) is 30.2 Å². The van der Waals surface area contributed by atoms with Crippen molar-refractivity contribution < 1.29 is 14.3 Å². The number of carbonyl (C=O) groups excluding carboxylic acids is 2. The zero-order valence-corrected chi connectivity index (χ0v) is 14.5. The van der Waals surface area contributed by atoms with Gasteiger partial charge in [0.05, 0.1) is 5.56 Å². The molecule has 0 fully saturated rings. The number of aromatic nitrogens is 2. The van der Waals surface area contributed by atoms with Crippen LogP contribution in [0.1, 0.15) is 15.9 Å². The van der Waals surface area contributed by atoms with E-state index in [1.807, 2.05) is 41.2 Å². The van der Waals surface area contributed by atoms with Gasteiger partial charge < -0.3 is 14.6 Å². The molecule has 0 aliphatic heterocycles. The Morgan fingerprint density at radius 3 is 2.46 bits per heavy atom. The standard InChI is InChI=1S/C19H16ClN3O3/c20-16-6-3-14(4-7-16)11-22-18(24)13-26-19(25)15-5-8-17(21-12-15)23-9-1-2-10-23/h1-10,12H,11,13H2,(H,22,24). The van der Waals surface area contributed by atoms with E-state index in [9.17, 15) is 9.59 Å². The molecule has 0 unspecified atom stereocenters. The van der Waals surface area contributed by atoms with Crippen molar-refractivity contribution in [2.45, 2.75) is 6.54 Å². The average Bonchev–Trinajstić information content (AvgIpc) is 3.20. The van der Waals surface area contributed by atoms with E-state index in [1.54, 1.807) is 24.3 Å². The molecular formula is C19H16ClN3O3. The highest BCUT2D eigenvalue weighted by Crippen LogP contribution is 2.09. The van der Waals surface area contributed by atoms with Gasteiger partial charge in [-0.1, -0.05) is 23.7 Å². The third-order valence-corrected chi connectivity index (χ3v) is 3.84. The number of rotatable bonds is 6. The molecule has 6 nitrogen and oxygen atoms in total. The van der Waals surface area contributed by atoms with E-state index in [2.05, 4.69) is 10.3 Å². The number of benzene rings is 1. The van der Waals surface area contributed by atoms with Crippen LogP contribution in [0.15, 0.2) is 67.1 Å². The number of halogens is 1. The number of nitrogens with one attached hydrogen (secondary N) is 1. The fourth-order valence-corrected chi connectivity index (χ4v) is 2.34. The van der Waals surface area contributed by atoms with Crippen LogP contribution in [-0.2, 0) is 16.1 Å². The summed E-state index contributed by atoms with van der Waals surface area (Å²) in [4.78, 5) is 28.0. The third-order valence-electron chi connectivity index (χ3n) is 3.59. The van der Waals surface area contributed by atoms with Crippen LogP contribution in [0.25, 0.3) is 5.82 Å². The van der Waals surface area contributed by atoms with E-state index in [1.165, 1.54) is 6.20 Å². The Balaban J connectivity index is 1.47. The van der Waals surface area contributed by atoms with Crippen molar-refractivity contribution >= 4 is 23.5 Å². The van der Waals surface area contributed by atoms with Gasteiger partial charge in [0.2, 0.25) is 0 Å². The summed E-state index contributed by atoms with van der Waals surface area (Å²) in [7, 11) is 0. The minimum absolute atomic E-state index is 0.284. The quantitative estimate of drug-likeness (QED) is 0.678. The zero-order valence-electron chi connectivity index (χ0n) is 13.8. The fourth-order valence-electron chi connectivity index (χ4n) is 2.22. The highest BCUT2D eigenvalue weighted by molar-refractivity contribution is 6.30. The first-order chi connectivity index (χ1) is 12.6. The lowest BCUT2D eigenvalue weighted by molar-refractivity contribution is -0.124. The van der Waals surface area contributed by atoms with Crippen molar-refractivity contribution in [3.63, 3.8) is 0 Å². The van der Waals surface area contributed by atoms with Gasteiger partial charge in [-0.25, -0.2) is 9.78 Å². The molecule has 1 N–H and O–H groups in total. The maximum absolute atomic E-state index is 12.0. The van der Waals surface area contributed by atoms with Crippen molar-refractivity contribution in [3.8, 4) is 5.82 Å². The molecule has 2 heterocycles. The molecule has 0 spiro atoms. The Hall–Kier alpha value is -3.12. The number of amides is 1. The molecule has 26 heavy (non-hydrogen) atoms. The molecule has 1 aromatic carbocycles. The van der Waals surface area contributed by atoms with Crippen molar-refractivity contribution in [2.24, 2.45) is 0 Å². The largest absolute Gasteiger partial charge is 0.452 e. The second kappa shape index (κ2) is 8.31. The maximum Gasteiger partial charge on any atom is 0.340 e. The van der Waals surface area contributed by atoms with E-state index in [4.69, 9.17) is 16.3 Å². The van der Waals surface area contributed by atoms with Crippen LogP contribution in [0.2, 0.25) is 5.02 Å². The molecule has 0 atom stereocenters. The van der Waals surface area contributed by atoms with Gasteiger partial charge in [0.25, 0.3) is 5.91 Å². The van der Waals surface area contributed by atoms with E-state index >= 15 is 0 Å². The molecule has 3 rings (SSSR count). The third kappa shape index (κ3) is 4.70. The van der Waals surface area contributed by atoms with Crippen LogP contribution in [0.5, 0.6) is 0 Å². The number of esters is 1. The number of nitrogens with zero attached hydrogens (tertiary/aromatic N) is 2. The first-order valence-corrected chi connectivity index (χ1v) is 8.27. The van der Waals surface area contributed by atoms with Gasteiger partial charge in [0.15, 0.2) is 6.61 Å².